The van der Waals surface area contributed by atoms with Crippen molar-refractivity contribution in [2.24, 2.45) is 0 Å². The van der Waals surface area contributed by atoms with Gasteiger partial charge in [-0.15, -0.1) is 0 Å². The largest absolute Gasteiger partial charge is 0.476 e. The van der Waals surface area contributed by atoms with Gasteiger partial charge in [0.2, 0.25) is 0 Å². The van der Waals surface area contributed by atoms with Crippen LogP contribution in [0.15, 0.2) is 35.3 Å². The van der Waals surface area contributed by atoms with Gasteiger partial charge in [-0.25, -0.2) is 4.79 Å². The first-order valence-electron chi connectivity index (χ1n) is 12.2. The van der Waals surface area contributed by atoms with Gasteiger partial charge in [-0.1, -0.05) is 29.8 Å². The van der Waals surface area contributed by atoms with E-state index in [1.54, 1.807) is 4.90 Å². The van der Waals surface area contributed by atoms with Crippen LogP contribution in [0.2, 0.25) is 5.02 Å². The molecule has 13 heteroatoms. The minimum Gasteiger partial charge on any atom is -0.476 e. The molecule has 0 radical (unpaired) electrons. The lowest BCUT2D eigenvalue weighted by atomic mass is 9.98. The number of fused-ring (bicyclic) bond motifs is 1. The highest BCUT2D eigenvalue weighted by Crippen LogP contribution is 2.35. The van der Waals surface area contributed by atoms with E-state index in [0.29, 0.717) is 30.0 Å². The zero-order chi connectivity index (χ0) is 27.2. The van der Waals surface area contributed by atoms with Gasteiger partial charge in [0.05, 0.1) is 24.0 Å². The molecule has 1 fully saturated rings. The SMILES string of the molecule is C[C@@H]1Cc2c(c(C(=O)O)nn2Cc2ccccc2C(F)(F)F)CN1c1cnn(C2CCCCO2)c(=O)c1Cl. The molecule has 0 bridgehead atoms. The molecule has 38 heavy (non-hydrogen) atoms. The van der Waals surface area contributed by atoms with E-state index < -0.39 is 29.5 Å². The normalized spacial score (nSPS) is 19.9. The molecule has 5 rings (SSSR count). The molecule has 1 unspecified atom stereocenters. The fourth-order valence-electron chi connectivity index (χ4n) is 5.12. The molecule has 0 aliphatic carbocycles. The third kappa shape index (κ3) is 4.78. The molecule has 202 valence electrons. The Bertz CT molecular complexity index is 1430. The second-order valence-corrected chi connectivity index (χ2v) is 9.87. The summed E-state index contributed by atoms with van der Waals surface area (Å²) in [5.74, 6) is -1.30. The first-order chi connectivity index (χ1) is 18.1. The number of carboxylic acids is 1. The predicted octanol–water partition coefficient (Wildman–Crippen LogP) is 4.51. The molecule has 2 aromatic heterocycles. The van der Waals surface area contributed by atoms with E-state index in [1.165, 1.54) is 33.8 Å². The maximum Gasteiger partial charge on any atom is 0.416 e. The van der Waals surface area contributed by atoms with Gasteiger partial charge >= 0.3 is 12.1 Å². The van der Waals surface area contributed by atoms with Crippen LogP contribution in [0.4, 0.5) is 18.9 Å². The molecule has 0 saturated carbocycles. The third-order valence-corrected chi connectivity index (χ3v) is 7.38. The number of aromatic carboxylic acids is 1. The summed E-state index contributed by atoms with van der Waals surface area (Å²) in [5, 5.41) is 18.2. The number of hydrogen-bond acceptors (Lipinski definition) is 6. The fourth-order valence-corrected chi connectivity index (χ4v) is 5.37. The number of nitrogens with zero attached hydrogens (tertiary/aromatic N) is 5. The second kappa shape index (κ2) is 10.1. The highest BCUT2D eigenvalue weighted by Gasteiger charge is 2.36. The number of anilines is 1. The van der Waals surface area contributed by atoms with Gasteiger partial charge in [0.25, 0.3) is 5.56 Å². The van der Waals surface area contributed by atoms with E-state index in [1.807, 2.05) is 6.92 Å². The van der Waals surface area contributed by atoms with Crippen molar-refractivity contribution < 1.29 is 27.8 Å². The molecule has 4 heterocycles. The average molecular weight is 552 g/mol. The Morgan fingerprint density at radius 3 is 2.71 bits per heavy atom. The topological polar surface area (TPSA) is 102 Å². The summed E-state index contributed by atoms with van der Waals surface area (Å²) in [7, 11) is 0. The van der Waals surface area contributed by atoms with Gasteiger partial charge in [-0.2, -0.15) is 28.1 Å². The van der Waals surface area contributed by atoms with Crippen molar-refractivity contribution >= 4 is 23.3 Å². The monoisotopic (exact) mass is 551 g/mol. The molecule has 2 aliphatic rings. The Kier molecular flexibility index (Phi) is 6.95. The summed E-state index contributed by atoms with van der Waals surface area (Å²) in [6, 6.07) is 4.87. The fraction of sp³-hybridized carbons (Fsp3) is 0.440. The van der Waals surface area contributed by atoms with E-state index in [2.05, 4.69) is 10.2 Å². The number of ether oxygens (including phenoxy) is 1. The molecular formula is C25H25ClF3N5O4. The van der Waals surface area contributed by atoms with Gasteiger partial charge in [-0.3, -0.25) is 9.48 Å². The number of alkyl halides is 3. The van der Waals surface area contributed by atoms with Crippen LogP contribution in [0.5, 0.6) is 0 Å². The lowest BCUT2D eigenvalue weighted by molar-refractivity contribution is -0.138. The molecule has 1 saturated heterocycles. The van der Waals surface area contributed by atoms with E-state index in [4.69, 9.17) is 16.3 Å². The quantitative estimate of drug-likeness (QED) is 0.498. The average Bonchev–Trinajstić information content (AvgIpc) is 3.23. The van der Waals surface area contributed by atoms with Crippen molar-refractivity contribution in [1.29, 1.82) is 0 Å². The summed E-state index contributed by atoms with van der Waals surface area (Å²) >= 11 is 6.50. The van der Waals surface area contributed by atoms with Crippen molar-refractivity contribution in [1.82, 2.24) is 19.6 Å². The number of benzene rings is 1. The zero-order valence-corrected chi connectivity index (χ0v) is 21.2. The summed E-state index contributed by atoms with van der Waals surface area (Å²) in [6.45, 7) is 2.19. The summed E-state index contributed by atoms with van der Waals surface area (Å²) in [6.07, 6.45) is -0.862. The number of carboxylic acid groups (broad SMARTS) is 1. The Morgan fingerprint density at radius 2 is 2.03 bits per heavy atom. The first kappa shape index (κ1) is 26.2. The highest BCUT2D eigenvalue weighted by atomic mass is 35.5. The van der Waals surface area contributed by atoms with Crippen molar-refractivity contribution in [3.63, 3.8) is 0 Å². The Labute approximate surface area is 220 Å². The number of rotatable bonds is 5. The van der Waals surface area contributed by atoms with Gasteiger partial charge in [0.1, 0.15) is 5.02 Å². The van der Waals surface area contributed by atoms with Crippen molar-refractivity contribution in [2.75, 3.05) is 11.5 Å². The van der Waals surface area contributed by atoms with Gasteiger partial charge < -0.3 is 14.7 Å². The van der Waals surface area contributed by atoms with Crippen molar-refractivity contribution in [3.8, 4) is 0 Å². The van der Waals surface area contributed by atoms with Crippen LogP contribution in [-0.2, 0) is 30.4 Å². The van der Waals surface area contributed by atoms with Gasteiger partial charge in [0.15, 0.2) is 11.9 Å². The minimum absolute atomic E-state index is 0.0156. The molecule has 1 N–H and O–H groups in total. The smallest absolute Gasteiger partial charge is 0.416 e. The molecule has 9 nitrogen and oxygen atoms in total. The van der Waals surface area contributed by atoms with E-state index in [9.17, 15) is 27.9 Å². The van der Waals surface area contributed by atoms with Crippen LogP contribution in [0.3, 0.4) is 0 Å². The maximum absolute atomic E-state index is 13.6. The minimum atomic E-state index is -4.56. The zero-order valence-electron chi connectivity index (χ0n) is 20.4. The number of hydrogen-bond donors (Lipinski definition) is 1. The molecule has 0 spiro atoms. The molecule has 3 aromatic rings. The first-order valence-corrected chi connectivity index (χ1v) is 12.6. The third-order valence-electron chi connectivity index (χ3n) is 7.02. The lowest BCUT2D eigenvalue weighted by Gasteiger charge is -2.36. The molecule has 2 aliphatic heterocycles. The molecule has 1 aromatic carbocycles. The van der Waals surface area contributed by atoms with E-state index >= 15 is 0 Å². The van der Waals surface area contributed by atoms with Crippen molar-refractivity contribution in [3.05, 3.63) is 73.9 Å². The van der Waals surface area contributed by atoms with Crippen LogP contribution in [-0.4, -0.2) is 43.3 Å². The number of halogens is 4. The van der Waals surface area contributed by atoms with Gasteiger partial charge in [-0.05, 0) is 37.8 Å². The summed E-state index contributed by atoms with van der Waals surface area (Å²) in [4.78, 5) is 26.9. The predicted molar refractivity (Wildman–Crippen MR) is 131 cm³/mol. The second-order valence-electron chi connectivity index (χ2n) is 9.49. The van der Waals surface area contributed by atoms with Gasteiger partial charge in [0, 0.05) is 36.9 Å². The van der Waals surface area contributed by atoms with Crippen LogP contribution in [0.25, 0.3) is 0 Å². The molecule has 0 amide bonds. The summed E-state index contributed by atoms with van der Waals surface area (Å²) < 4.78 is 48.9. The van der Waals surface area contributed by atoms with E-state index in [0.717, 1.165) is 18.9 Å². The van der Waals surface area contributed by atoms with Crippen LogP contribution in [0.1, 0.15) is 65.3 Å². The number of carbonyl (C=O) groups is 1. The van der Waals surface area contributed by atoms with E-state index in [-0.39, 0.29) is 41.8 Å². The van der Waals surface area contributed by atoms with Crippen LogP contribution >= 0.6 is 11.6 Å². The number of aromatic nitrogens is 4. The van der Waals surface area contributed by atoms with Crippen molar-refractivity contribution in [2.45, 2.75) is 64.1 Å². The Hall–Kier alpha value is -3.38. The maximum atomic E-state index is 13.6. The standard InChI is InChI=1S/C25H25ClF3N5O4/c1-14-10-18-16(13-32(14)19-11-30-34(23(35)21(19)26)20-8-4-5-9-38-20)22(24(36)37)31-33(18)12-15-6-2-3-7-17(15)25(27,28)29/h2-3,6-7,11,14,20H,4-5,8-10,12-13H2,1H3,(H,36,37)/t14-,20?/m1/s1. The van der Waals surface area contributed by atoms with Crippen LogP contribution in [0, 0.1) is 0 Å². The highest BCUT2D eigenvalue weighted by molar-refractivity contribution is 6.33. The molecule has 2 atom stereocenters. The Morgan fingerprint density at radius 1 is 1.26 bits per heavy atom. The Balaban J connectivity index is 1.50. The molecular weight excluding hydrogens is 527 g/mol. The lowest BCUT2D eigenvalue weighted by Crippen LogP contribution is -2.41. The summed E-state index contributed by atoms with van der Waals surface area (Å²) in [5.41, 5.74) is -0.355. The van der Waals surface area contributed by atoms with Crippen LogP contribution < -0.4 is 10.5 Å².